The van der Waals surface area contributed by atoms with E-state index in [1.165, 1.54) is 0 Å². The van der Waals surface area contributed by atoms with Crippen LogP contribution in [0.3, 0.4) is 0 Å². The fourth-order valence-electron chi connectivity index (χ4n) is 3.58. The second kappa shape index (κ2) is 6.71. The number of aromatic nitrogens is 4. The van der Waals surface area contributed by atoms with Gasteiger partial charge in [0.2, 0.25) is 0 Å². The molecule has 1 aromatic carbocycles. The molecule has 4 rings (SSSR count). The Morgan fingerprint density at radius 1 is 1.19 bits per heavy atom. The summed E-state index contributed by atoms with van der Waals surface area (Å²) in [5.74, 6) is 1.28. The van der Waals surface area contributed by atoms with E-state index >= 15 is 0 Å². The first-order valence-electron chi connectivity index (χ1n) is 8.62. The summed E-state index contributed by atoms with van der Waals surface area (Å²) in [4.78, 5) is 9.21. The van der Waals surface area contributed by atoms with Gasteiger partial charge in [0.15, 0.2) is 0 Å². The normalized spacial score (nSPS) is 16.1. The van der Waals surface area contributed by atoms with Crippen LogP contribution >= 0.6 is 0 Å². The average Bonchev–Trinajstić information content (AvgIpc) is 3.12. The third-order valence-corrected chi connectivity index (χ3v) is 4.97. The summed E-state index contributed by atoms with van der Waals surface area (Å²) in [5.41, 5.74) is 0.923. The van der Waals surface area contributed by atoms with E-state index in [-0.39, 0.29) is 5.92 Å². The van der Waals surface area contributed by atoms with Crippen LogP contribution in [-0.2, 0) is 6.18 Å². The van der Waals surface area contributed by atoms with E-state index in [4.69, 9.17) is 4.74 Å². The molecule has 0 bridgehead atoms. The molecule has 0 atom stereocenters. The van der Waals surface area contributed by atoms with Crippen LogP contribution in [0.25, 0.3) is 10.9 Å². The minimum atomic E-state index is -4.47. The van der Waals surface area contributed by atoms with Crippen LogP contribution in [0.2, 0.25) is 0 Å². The van der Waals surface area contributed by atoms with Crippen LogP contribution in [0.1, 0.15) is 30.1 Å². The molecule has 0 saturated carbocycles. The standard InChI is InChI=1S/C18H18F3N5O/c1-27-13-4-2-3-12-16(24-25-17(12)13)11-5-7-26(8-6-11)15-9-14(18(19,20)21)22-10-23-15/h2-4,9-11H,5-8H2,1H3,(H,24,25). The summed E-state index contributed by atoms with van der Waals surface area (Å²) < 4.78 is 43.9. The maximum atomic E-state index is 12.9. The summed E-state index contributed by atoms with van der Waals surface area (Å²) in [6.07, 6.45) is -1.91. The van der Waals surface area contributed by atoms with Crippen molar-refractivity contribution < 1.29 is 17.9 Å². The number of nitrogens with zero attached hydrogens (tertiary/aromatic N) is 4. The lowest BCUT2D eigenvalue weighted by Gasteiger charge is -2.32. The van der Waals surface area contributed by atoms with Gasteiger partial charge in [-0.2, -0.15) is 18.3 Å². The van der Waals surface area contributed by atoms with Crippen LogP contribution in [0.5, 0.6) is 5.75 Å². The number of alkyl halides is 3. The molecule has 1 fully saturated rings. The number of methoxy groups -OCH3 is 1. The van der Waals surface area contributed by atoms with Gasteiger partial charge in [0, 0.05) is 36.2 Å². The monoisotopic (exact) mass is 377 g/mol. The van der Waals surface area contributed by atoms with Gasteiger partial charge in [-0.1, -0.05) is 12.1 Å². The Hall–Kier alpha value is -2.84. The molecule has 142 valence electrons. The molecule has 1 N–H and O–H groups in total. The predicted octanol–water partition coefficient (Wildman–Crippen LogP) is 3.76. The Labute approximate surface area is 153 Å². The van der Waals surface area contributed by atoms with Crippen LogP contribution in [0.15, 0.2) is 30.6 Å². The molecular formula is C18H18F3N5O. The Balaban J connectivity index is 1.52. The van der Waals surface area contributed by atoms with Gasteiger partial charge in [-0.3, -0.25) is 5.10 Å². The van der Waals surface area contributed by atoms with Crippen molar-refractivity contribution in [3.63, 3.8) is 0 Å². The van der Waals surface area contributed by atoms with Gasteiger partial charge < -0.3 is 9.64 Å². The van der Waals surface area contributed by atoms with Gasteiger partial charge in [-0.15, -0.1) is 0 Å². The van der Waals surface area contributed by atoms with Crippen molar-refractivity contribution in [1.82, 2.24) is 20.2 Å². The highest BCUT2D eigenvalue weighted by molar-refractivity contribution is 5.87. The highest BCUT2D eigenvalue weighted by atomic mass is 19.4. The number of hydrogen-bond acceptors (Lipinski definition) is 5. The van der Waals surface area contributed by atoms with Crippen molar-refractivity contribution in [3.8, 4) is 5.75 Å². The number of hydrogen-bond donors (Lipinski definition) is 1. The SMILES string of the molecule is COc1cccc2c(C3CCN(c4cc(C(F)(F)F)ncn4)CC3)[nH]nc12. The maximum Gasteiger partial charge on any atom is 0.433 e. The number of piperidine rings is 1. The number of aromatic amines is 1. The number of benzene rings is 1. The van der Waals surface area contributed by atoms with Gasteiger partial charge in [0.1, 0.15) is 29.1 Å². The van der Waals surface area contributed by atoms with Gasteiger partial charge in [0.25, 0.3) is 0 Å². The predicted molar refractivity (Wildman–Crippen MR) is 93.9 cm³/mol. The number of halogens is 3. The molecule has 27 heavy (non-hydrogen) atoms. The smallest absolute Gasteiger partial charge is 0.433 e. The van der Waals surface area contributed by atoms with E-state index in [1.807, 2.05) is 23.1 Å². The Morgan fingerprint density at radius 3 is 2.67 bits per heavy atom. The fourth-order valence-corrected chi connectivity index (χ4v) is 3.58. The fraction of sp³-hybridized carbons (Fsp3) is 0.389. The van der Waals surface area contributed by atoms with Gasteiger partial charge >= 0.3 is 6.18 Å². The van der Waals surface area contributed by atoms with Crippen molar-refractivity contribution in [2.75, 3.05) is 25.1 Å². The molecule has 0 radical (unpaired) electrons. The topological polar surface area (TPSA) is 66.9 Å². The van der Waals surface area contributed by atoms with Crippen LogP contribution in [-0.4, -0.2) is 40.4 Å². The van der Waals surface area contributed by atoms with E-state index in [2.05, 4.69) is 20.2 Å². The lowest BCUT2D eigenvalue weighted by molar-refractivity contribution is -0.141. The number of para-hydroxylation sites is 1. The van der Waals surface area contributed by atoms with E-state index in [1.54, 1.807) is 7.11 Å². The number of nitrogens with one attached hydrogen (secondary N) is 1. The number of fused-ring (bicyclic) bond motifs is 1. The van der Waals surface area contributed by atoms with E-state index in [0.717, 1.165) is 41.8 Å². The van der Waals surface area contributed by atoms with Crippen molar-refractivity contribution in [2.45, 2.75) is 24.9 Å². The first-order valence-corrected chi connectivity index (χ1v) is 8.62. The zero-order chi connectivity index (χ0) is 19.0. The maximum absolute atomic E-state index is 12.9. The molecule has 0 amide bonds. The Bertz CT molecular complexity index is 948. The van der Waals surface area contributed by atoms with Crippen molar-refractivity contribution in [3.05, 3.63) is 42.0 Å². The average molecular weight is 377 g/mol. The van der Waals surface area contributed by atoms with Crippen molar-refractivity contribution in [1.29, 1.82) is 0 Å². The lowest BCUT2D eigenvalue weighted by Crippen LogP contribution is -2.34. The molecule has 2 aromatic heterocycles. The molecule has 0 spiro atoms. The number of anilines is 1. The summed E-state index contributed by atoms with van der Waals surface area (Å²) >= 11 is 0. The van der Waals surface area contributed by atoms with Gasteiger partial charge in [0.05, 0.1) is 7.11 Å². The summed E-state index contributed by atoms with van der Waals surface area (Å²) in [7, 11) is 1.61. The van der Waals surface area contributed by atoms with E-state index in [9.17, 15) is 13.2 Å². The largest absolute Gasteiger partial charge is 0.494 e. The first kappa shape index (κ1) is 17.6. The third kappa shape index (κ3) is 3.29. The highest BCUT2D eigenvalue weighted by Crippen LogP contribution is 2.36. The third-order valence-electron chi connectivity index (χ3n) is 4.97. The zero-order valence-corrected chi connectivity index (χ0v) is 14.6. The lowest BCUT2D eigenvalue weighted by atomic mass is 9.91. The highest BCUT2D eigenvalue weighted by Gasteiger charge is 2.34. The van der Waals surface area contributed by atoms with Crippen LogP contribution < -0.4 is 9.64 Å². The van der Waals surface area contributed by atoms with Gasteiger partial charge in [-0.25, -0.2) is 9.97 Å². The van der Waals surface area contributed by atoms with Gasteiger partial charge in [-0.05, 0) is 18.9 Å². The molecule has 0 unspecified atom stereocenters. The van der Waals surface area contributed by atoms with Crippen molar-refractivity contribution in [2.24, 2.45) is 0 Å². The first-order chi connectivity index (χ1) is 13.0. The molecule has 3 aromatic rings. The molecule has 1 aliphatic heterocycles. The number of H-pyrrole nitrogens is 1. The van der Waals surface area contributed by atoms with Crippen LogP contribution in [0, 0.1) is 0 Å². The number of rotatable bonds is 3. The summed E-state index contributed by atoms with van der Waals surface area (Å²) in [6.45, 7) is 1.23. The molecule has 1 saturated heterocycles. The number of ether oxygens (including phenoxy) is 1. The second-order valence-corrected chi connectivity index (χ2v) is 6.51. The van der Waals surface area contributed by atoms with Crippen LogP contribution in [0.4, 0.5) is 19.0 Å². The van der Waals surface area contributed by atoms with Crippen molar-refractivity contribution >= 4 is 16.7 Å². The second-order valence-electron chi connectivity index (χ2n) is 6.51. The molecule has 0 aliphatic carbocycles. The molecular weight excluding hydrogens is 359 g/mol. The van der Waals surface area contributed by atoms with E-state index < -0.39 is 11.9 Å². The quantitative estimate of drug-likeness (QED) is 0.753. The molecule has 1 aliphatic rings. The van der Waals surface area contributed by atoms with E-state index in [0.29, 0.717) is 24.7 Å². The Morgan fingerprint density at radius 2 is 1.96 bits per heavy atom. The molecule has 3 heterocycles. The minimum absolute atomic E-state index is 0.252. The summed E-state index contributed by atoms with van der Waals surface area (Å²) in [5, 5.41) is 8.51. The summed E-state index contributed by atoms with van der Waals surface area (Å²) in [6, 6.07) is 6.80. The Kier molecular flexibility index (Phi) is 4.37. The minimum Gasteiger partial charge on any atom is -0.494 e. The molecule has 9 heteroatoms. The zero-order valence-electron chi connectivity index (χ0n) is 14.6. The molecule has 6 nitrogen and oxygen atoms in total.